The second-order valence-corrected chi connectivity index (χ2v) is 4.57. The van der Waals surface area contributed by atoms with Gasteiger partial charge in [0.25, 0.3) is 0 Å². The summed E-state index contributed by atoms with van der Waals surface area (Å²) >= 11 is 0. The number of nitrogens with one attached hydrogen (secondary N) is 1. The molecular weight excluding hydrogens is 182 g/mol. The van der Waals surface area contributed by atoms with Gasteiger partial charge in [-0.25, -0.2) is 0 Å². The molecule has 0 bridgehead atoms. The smallest absolute Gasteiger partial charge is 0.0320 e. The molecule has 0 spiro atoms. The van der Waals surface area contributed by atoms with Crippen LogP contribution >= 0.6 is 0 Å². The molecule has 1 aromatic rings. The summed E-state index contributed by atoms with van der Waals surface area (Å²) in [4.78, 5) is 0. The van der Waals surface area contributed by atoms with Gasteiger partial charge >= 0.3 is 0 Å². The van der Waals surface area contributed by atoms with Gasteiger partial charge in [0.2, 0.25) is 0 Å². The summed E-state index contributed by atoms with van der Waals surface area (Å²) in [7, 11) is 0. The van der Waals surface area contributed by atoms with Crippen molar-refractivity contribution in [3.05, 3.63) is 35.9 Å². The molecule has 0 heterocycles. The minimum atomic E-state index is 0.489. The van der Waals surface area contributed by atoms with Crippen molar-refractivity contribution in [2.75, 3.05) is 0 Å². The fraction of sp³-hybridized carbons (Fsp3) is 0.571. The van der Waals surface area contributed by atoms with Gasteiger partial charge in [-0.1, -0.05) is 51.1 Å². The second-order valence-electron chi connectivity index (χ2n) is 4.57. The van der Waals surface area contributed by atoms with E-state index in [9.17, 15) is 0 Å². The predicted octanol–water partition coefficient (Wildman–Crippen LogP) is 3.77. The summed E-state index contributed by atoms with van der Waals surface area (Å²) < 4.78 is 0. The molecule has 0 aliphatic heterocycles. The van der Waals surface area contributed by atoms with Crippen molar-refractivity contribution in [1.29, 1.82) is 0 Å². The molecule has 2 atom stereocenters. The Morgan fingerprint density at radius 1 is 1.07 bits per heavy atom. The van der Waals surface area contributed by atoms with Gasteiger partial charge in [-0.3, -0.25) is 0 Å². The van der Waals surface area contributed by atoms with Crippen molar-refractivity contribution >= 4 is 0 Å². The molecule has 1 rings (SSSR count). The molecule has 84 valence electrons. The van der Waals surface area contributed by atoms with Crippen LogP contribution in [0.2, 0.25) is 0 Å². The first-order valence-corrected chi connectivity index (χ1v) is 5.96. The summed E-state index contributed by atoms with van der Waals surface area (Å²) in [6, 6.07) is 11.8. The average molecular weight is 205 g/mol. The van der Waals surface area contributed by atoms with Crippen LogP contribution in [0, 0.1) is 5.92 Å². The summed E-state index contributed by atoms with van der Waals surface area (Å²) in [6.07, 6.45) is 1.14. The fourth-order valence-corrected chi connectivity index (χ4v) is 1.64. The highest BCUT2D eigenvalue weighted by Gasteiger charge is 2.13. The molecule has 0 aliphatic rings. The van der Waals surface area contributed by atoms with Gasteiger partial charge in [-0.15, -0.1) is 0 Å². The normalized spacial score (nSPS) is 15.3. The van der Waals surface area contributed by atoms with Crippen LogP contribution in [-0.4, -0.2) is 6.04 Å². The summed E-state index contributed by atoms with van der Waals surface area (Å²) in [5.74, 6) is 0.683. The number of benzene rings is 1. The van der Waals surface area contributed by atoms with Crippen LogP contribution in [0.4, 0.5) is 0 Å². The first-order valence-electron chi connectivity index (χ1n) is 5.96. The van der Waals surface area contributed by atoms with Crippen LogP contribution < -0.4 is 5.32 Å². The predicted molar refractivity (Wildman–Crippen MR) is 66.9 cm³/mol. The minimum Gasteiger partial charge on any atom is -0.307 e. The molecule has 0 saturated heterocycles. The lowest BCUT2D eigenvalue weighted by atomic mass is 10.0. The van der Waals surface area contributed by atoms with Crippen molar-refractivity contribution in [2.24, 2.45) is 5.92 Å². The molecule has 0 radical (unpaired) electrons. The van der Waals surface area contributed by atoms with E-state index >= 15 is 0 Å². The van der Waals surface area contributed by atoms with Gasteiger partial charge in [-0.2, -0.15) is 0 Å². The Morgan fingerprint density at radius 2 is 1.67 bits per heavy atom. The standard InChI is InChI=1S/C14H23N/c1-5-14(15-12(4)11(2)3)13-9-7-6-8-10-13/h6-12,14-15H,5H2,1-4H3/t12-,14+/m1/s1. The third-order valence-electron chi connectivity index (χ3n) is 3.07. The minimum absolute atomic E-state index is 0.489. The van der Waals surface area contributed by atoms with E-state index in [2.05, 4.69) is 63.3 Å². The summed E-state index contributed by atoms with van der Waals surface area (Å²) in [5, 5.41) is 3.68. The summed E-state index contributed by atoms with van der Waals surface area (Å²) in [6.45, 7) is 9.01. The third kappa shape index (κ3) is 3.67. The van der Waals surface area contributed by atoms with Crippen LogP contribution in [0.5, 0.6) is 0 Å². The largest absolute Gasteiger partial charge is 0.307 e. The van der Waals surface area contributed by atoms with Gasteiger partial charge in [0.05, 0.1) is 0 Å². The van der Waals surface area contributed by atoms with Crippen LogP contribution in [0.15, 0.2) is 30.3 Å². The molecular formula is C14H23N. The van der Waals surface area contributed by atoms with E-state index in [0.29, 0.717) is 18.0 Å². The second kappa shape index (κ2) is 5.92. The topological polar surface area (TPSA) is 12.0 Å². The van der Waals surface area contributed by atoms with Crippen LogP contribution in [-0.2, 0) is 0 Å². The van der Waals surface area contributed by atoms with Crippen molar-refractivity contribution in [3.63, 3.8) is 0 Å². The quantitative estimate of drug-likeness (QED) is 0.771. The molecule has 1 heteroatoms. The van der Waals surface area contributed by atoms with Crippen LogP contribution in [0.1, 0.15) is 45.7 Å². The van der Waals surface area contributed by atoms with E-state index in [4.69, 9.17) is 0 Å². The van der Waals surface area contributed by atoms with Crippen molar-refractivity contribution in [2.45, 2.75) is 46.2 Å². The molecule has 1 N–H and O–H groups in total. The molecule has 0 aromatic heterocycles. The molecule has 0 saturated carbocycles. The molecule has 1 nitrogen and oxygen atoms in total. The lowest BCUT2D eigenvalue weighted by molar-refractivity contribution is 0.370. The molecule has 0 amide bonds. The van der Waals surface area contributed by atoms with E-state index in [1.165, 1.54) is 5.56 Å². The Balaban J connectivity index is 2.65. The van der Waals surface area contributed by atoms with Crippen LogP contribution in [0.25, 0.3) is 0 Å². The maximum Gasteiger partial charge on any atom is 0.0320 e. The highest BCUT2D eigenvalue weighted by atomic mass is 14.9. The van der Waals surface area contributed by atoms with E-state index in [1.807, 2.05) is 0 Å². The maximum absolute atomic E-state index is 3.68. The van der Waals surface area contributed by atoms with E-state index in [0.717, 1.165) is 6.42 Å². The van der Waals surface area contributed by atoms with Gasteiger partial charge < -0.3 is 5.32 Å². The maximum atomic E-state index is 3.68. The Morgan fingerprint density at radius 3 is 2.13 bits per heavy atom. The Labute approximate surface area is 93.9 Å². The number of hydrogen-bond acceptors (Lipinski definition) is 1. The van der Waals surface area contributed by atoms with Crippen LogP contribution in [0.3, 0.4) is 0 Å². The molecule has 0 aliphatic carbocycles. The van der Waals surface area contributed by atoms with Gasteiger partial charge in [0.1, 0.15) is 0 Å². The fourth-order valence-electron chi connectivity index (χ4n) is 1.64. The van der Waals surface area contributed by atoms with Crippen molar-refractivity contribution in [3.8, 4) is 0 Å². The summed E-state index contributed by atoms with van der Waals surface area (Å²) in [5.41, 5.74) is 1.40. The first kappa shape index (κ1) is 12.3. The molecule has 15 heavy (non-hydrogen) atoms. The monoisotopic (exact) mass is 205 g/mol. The zero-order valence-electron chi connectivity index (χ0n) is 10.3. The van der Waals surface area contributed by atoms with E-state index < -0.39 is 0 Å². The average Bonchev–Trinajstić information content (AvgIpc) is 2.26. The zero-order chi connectivity index (χ0) is 11.3. The van der Waals surface area contributed by atoms with E-state index in [-0.39, 0.29) is 0 Å². The highest BCUT2D eigenvalue weighted by Crippen LogP contribution is 2.18. The molecule has 1 aromatic carbocycles. The zero-order valence-corrected chi connectivity index (χ0v) is 10.3. The van der Waals surface area contributed by atoms with Gasteiger partial charge in [-0.05, 0) is 24.8 Å². The molecule has 0 unspecified atom stereocenters. The molecule has 0 fully saturated rings. The van der Waals surface area contributed by atoms with Crippen molar-refractivity contribution in [1.82, 2.24) is 5.32 Å². The van der Waals surface area contributed by atoms with Gasteiger partial charge in [0.15, 0.2) is 0 Å². The number of rotatable bonds is 5. The van der Waals surface area contributed by atoms with Gasteiger partial charge in [0, 0.05) is 12.1 Å². The Kier molecular flexibility index (Phi) is 4.83. The Bertz CT molecular complexity index is 266. The van der Waals surface area contributed by atoms with E-state index in [1.54, 1.807) is 0 Å². The SMILES string of the molecule is CC[C@H](N[C@H](C)C(C)C)c1ccccc1. The first-order chi connectivity index (χ1) is 7.15. The lowest BCUT2D eigenvalue weighted by Gasteiger charge is -2.25. The lowest BCUT2D eigenvalue weighted by Crippen LogP contribution is -2.34. The number of hydrogen-bond donors (Lipinski definition) is 1. The highest BCUT2D eigenvalue weighted by molar-refractivity contribution is 5.18. The Hall–Kier alpha value is -0.820. The third-order valence-corrected chi connectivity index (χ3v) is 3.07. The van der Waals surface area contributed by atoms with Crippen molar-refractivity contribution < 1.29 is 0 Å².